The fourth-order valence-electron chi connectivity index (χ4n) is 13.5. The number of allylic oxidation sites excluding steroid dienone is 1. The molecule has 0 heterocycles. The molecule has 0 bridgehead atoms. The maximum Gasteiger partial charge on any atom is 0.420 e. The summed E-state index contributed by atoms with van der Waals surface area (Å²) < 4.78 is 161. The third-order valence-electron chi connectivity index (χ3n) is 20.1. The first-order valence-electron chi connectivity index (χ1n) is 41.4. The highest BCUT2D eigenvalue weighted by Gasteiger charge is 2.62. The monoisotopic (exact) mass is 1840 g/mol. The molecular formula is C89H128F4N4O32. The summed E-state index contributed by atoms with van der Waals surface area (Å²) in [5.74, 6) is -15.2. The summed E-state index contributed by atoms with van der Waals surface area (Å²) in [6.07, 6.45) is -0.0271. The average molecular weight is 1840 g/mol. The van der Waals surface area contributed by atoms with Gasteiger partial charge in [0.15, 0.2) is 5.78 Å². The van der Waals surface area contributed by atoms with Crippen molar-refractivity contribution in [2.75, 3.05) is 126 Å². The molecule has 8 atom stereocenters. The van der Waals surface area contributed by atoms with Gasteiger partial charge in [-0.15, -0.1) is 0 Å². The van der Waals surface area contributed by atoms with Crippen LogP contribution in [0.2, 0.25) is 0 Å². The SMILES string of the molecule is C=CC(=O)CCC(COCC(COC(=O)C=C)(COC(=O)C=C)COC(=O)C=C)(COC(=O)C=C)COC(=O)NC1CCCC(NC(=O)OC(C)COCCCC(C)(C)OC(F)(F)C(F)(F)C(C)CCCOCC(C)OC(=O)NC2CC(C)(C)CC(C)(NC(=O)OCC(COCC(COC(=O)C=C)(COC(=O)C=C)COC(=O)C=C)(COC(=O)C=C)COC(=O)C=C)C2)C1. The Bertz CT molecular complexity index is 3680. The van der Waals surface area contributed by atoms with E-state index in [1.807, 2.05) is 13.8 Å². The van der Waals surface area contributed by atoms with Gasteiger partial charge in [0, 0.05) is 104 Å². The van der Waals surface area contributed by atoms with E-state index in [9.17, 15) is 67.1 Å². The second-order valence-electron chi connectivity index (χ2n) is 33.5. The lowest BCUT2D eigenvalue weighted by Crippen LogP contribution is -2.58. The predicted molar refractivity (Wildman–Crippen MR) is 454 cm³/mol. The molecule has 36 nitrogen and oxygen atoms in total. The van der Waals surface area contributed by atoms with E-state index < -0.39 is 276 Å². The van der Waals surface area contributed by atoms with Crippen LogP contribution in [0.5, 0.6) is 0 Å². The van der Waals surface area contributed by atoms with E-state index >= 15 is 17.6 Å². The number of nitrogens with one attached hydrogen (secondary N) is 4. The number of ketones is 1. The Morgan fingerprint density at radius 1 is 0.395 bits per heavy atom. The van der Waals surface area contributed by atoms with E-state index in [-0.39, 0.29) is 71.4 Å². The summed E-state index contributed by atoms with van der Waals surface area (Å²) in [4.78, 5) is 178. The second kappa shape index (κ2) is 56.4. The smallest absolute Gasteiger partial charge is 0.420 e. The summed E-state index contributed by atoms with van der Waals surface area (Å²) in [5, 5.41) is 11.2. The van der Waals surface area contributed by atoms with Crippen LogP contribution >= 0.6 is 0 Å². The summed E-state index contributed by atoms with van der Waals surface area (Å²) in [7, 11) is 0. The van der Waals surface area contributed by atoms with Gasteiger partial charge in [-0.1, -0.05) is 86.6 Å². The quantitative estimate of drug-likeness (QED) is 0.0144. The zero-order valence-electron chi connectivity index (χ0n) is 75.0. The highest BCUT2D eigenvalue weighted by Crippen LogP contribution is 2.46. The first-order chi connectivity index (χ1) is 60.6. The van der Waals surface area contributed by atoms with Crippen LogP contribution in [0.4, 0.5) is 36.7 Å². The highest BCUT2D eigenvalue weighted by molar-refractivity contribution is 5.89. The molecule has 40 heteroatoms. The molecule has 724 valence electrons. The molecule has 2 rings (SSSR count). The van der Waals surface area contributed by atoms with Crippen LogP contribution in [-0.4, -0.2) is 263 Å². The first kappa shape index (κ1) is 114. The number of carbonyl (C=O) groups is 14. The Hall–Kier alpha value is -11.1. The van der Waals surface area contributed by atoms with Crippen LogP contribution in [0.3, 0.4) is 0 Å². The predicted octanol–water partition coefficient (Wildman–Crippen LogP) is 10.6. The normalized spacial score (nSPS) is 17.3. The van der Waals surface area contributed by atoms with E-state index in [0.29, 0.717) is 32.1 Å². The topological polar surface area (TPSA) is 453 Å². The Balaban J connectivity index is 2.00. The maximum absolute atomic E-state index is 15.6. The Morgan fingerprint density at radius 2 is 0.721 bits per heavy atom. The largest absolute Gasteiger partial charge is 0.462 e. The van der Waals surface area contributed by atoms with Crippen molar-refractivity contribution < 1.29 is 170 Å². The minimum absolute atomic E-state index is 0.0625. The molecule has 2 fully saturated rings. The summed E-state index contributed by atoms with van der Waals surface area (Å²) >= 11 is 0. The van der Waals surface area contributed by atoms with Crippen molar-refractivity contribution in [1.82, 2.24) is 21.3 Å². The Kier molecular flexibility index (Phi) is 49.8. The minimum atomic E-state index is -4.93. The lowest BCUT2D eigenvalue weighted by Gasteiger charge is -2.46. The number of halogens is 4. The molecule has 2 aliphatic rings. The molecule has 129 heavy (non-hydrogen) atoms. The third kappa shape index (κ3) is 44.7. The molecule has 4 amide bonds. The fraction of sp³-hybridized carbons (Fsp3) is 0.618. The van der Waals surface area contributed by atoms with E-state index in [1.165, 1.54) is 27.7 Å². The van der Waals surface area contributed by atoms with Crippen LogP contribution in [0.1, 0.15) is 139 Å². The van der Waals surface area contributed by atoms with Crippen molar-refractivity contribution in [2.24, 2.45) is 33.0 Å². The molecule has 2 saturated carbocycles. The Morgan fingerprint density at radius 3 is 1.09 bits per heavy atom. The van der Waals surface area contributed by atoms with Crippen molar-refractivity contribution in [3.63, 3.8) is 0 Å². The standard InChI is InChI=1S/C89H128F4N4O32/c1-19-67(98)35-37-84(50-116-68(99)20-2,46-114-47-85(52-117-69(100)21-3,53-118-70(101)22-4)54-119-71(102)23-5)51-125-77(108)94-64-33-29-34-65(40-64)95-78(109)127-63(13)44-113-39-31-36-82(16,17)129-89(92,93)88(90,91)61(11)32-30-38-112-43-62(12)128-79(110)96-66-41-81(14,15)45-83(18,42-66)97-80(111)126-60-87(58-123-75(106)27-9,59-124-76(107)28-10)49-115-48-86(55-120-72(103)24-6,56-121-73(104)25-7)57-122-74(105)26-8/h19-28,61-66H,1-10,29-60H2,11-18H3,(H,94,108)(H,95,109)(H,96,110)(H,97,111). The summed E-state index contributed by atoms with van der Waals surface area (Å²) in [5.41, 5.74) is -9.93. The van der Waals surface area contributed by atoms with Crippen LogP contribution in [0.15, 0.2) is 127 Å². The van der Waals surface area contributed by atoms with Crippen LogP contribution in [0, 0.1) is 33.0 Å². The number of carbonyl (C=O) groups excluding carboxylic acids is 14. The molecule has 2 aliphatic carbocycles. The lowest BCUT2D eigenvalue weighted by molar-refractivity contribution is -0.389. The van der Waals surface area contributed by atoms with Crippen molar-refractivity contribution in [1.29, 1.82) is 0 Å². The molecule has 4 N–H and O–H groups in total. The van der Waals surface area contributed by atoms with Gasteiger partial charge in [-0.25, -0.2) is 62.3 Å². The van der Waals surface area contributed by atoms with Crippen molar-refractivity contribution in [2.45, 2.75) is 192 Å². The maximum atomic E-state index is 15.6. The number of rotatable bonds is 65. The molecule has 0 aromatic heterocycles. The zero-order valence-corrected chi connectivity index (χ0v) is 75.0. The van der Waals surface area contributed by atoms with Gasteiger partial charge in [0.05, 0.1) is 66.9 Å². The molecule has 0 saturated heterocycles. The first-order valence-corrected chi connectivity index (χ1v) is 41.4. The van der Waals surface area contributed by atoms with Gasteiger partial charge in [0.1, 0.15) is 84.9 Å². The molecular weight excluding hydrogens is 1710 g/mol. The molecule has 0 aromatic carbocycles. The number of amides is 4. The molecule has 0 spiro atoms. The lowest BCUT2D eigenvalue weighted by atomic mass is 9.67. The van der Waals surface area contributed by atoms with Gasteiger partial charge in [0.25, 0.3) is 0 Å². The number of alkyl halides is 4. The van der Waals surface area contributed by atoms with Gasteiger partial charge in [-0.2, -0.15) is 17.6 Å². The molecule has 0 radical (unpaired) electrons. The van der Waals surface area contributed by atoms with Crippen molar-refractivity contribution in [3.8, 4) is 0 Å². The average Bonchev–Trinajstić information content (AvgIpc) is 0.784. The third-order valence-corrected chi connectivity index (χ3v) is 20.1. The van der Waals surface area contributed by atoms with E-state index in [4.69, 9.17) is 85.3 Å². The van der Waals surface area contributed by atoms with Gasteiger partial charge in [0.2, 0.25) is 0 Å². The number of ether oxygens (including phenoxy) is 18. The second-order valence-corrected chi connectivity index (χ2v) is 33.5. The molecule has 0 aliphatic heterocycles. The Labute approximate surface area is 749 Å². The number of alkyl carbamates (subject to hydrolysis) is 4. The van der Waals surface area contributed by atoms with Crippen LogP contribution < -0.4 is 21.3 Å². The van der Waals surface area contributed by atoms with E-state index in [0.717, 1.165) is 67.7 Å². The zero-order chi connectivity index (χ0) is 97.3. The summed E-state index contributed by atoms with van der Waals surface area (Å²) in [6.45, 7) is 36.6. The van der Waals surface area contributed by atoms with Gasteiger partial charge in [-0.05, 0) is 123 Å². The van der Waals surface area contributed by atoms with Crippen LogP contribution in [-0.2, 0) is 133 Å². The minimum Gasteiger partial charge on any atom is -0.462 e. The van der Waals surface area contributed by atoms with Crippen LogP contribution in [0.25, 0.3) is 0 Å². The highest BCUT2D eigenvalue weighted by atomic mass is 19.3. The van der Waals surface area contributed by atoms with E-state index in [2.05, 4.69) is 87.1 Å². The van der Waals surface area contributed by atoms with Gasteiger partial charge < -0.3 is 107 Å². The fourth-order valence-corrected chi connectivity index (χ4v) is 13.5. The molecule has 8 unspecified atom stereocenters. The number of hydrogen-bond donors (Lipinski definition) is 4. The molecule has 0 aromatic rings. The van der Waals surface area contributed by atoms with Gasteiger partial charge >= 0.3 is 90.1 Å². The number of esters is 9. The summed E-state index contributed by atoms with van der Waals surface area (Å²) in [6, 6.07) is -1.68. The van der Waals surface area contributed by atoms with Gasteiger partial charge in [-0.3, -0.25) is 4.79 Å². The van der Waals surface area contributed by atoms with Crippen molar-refractivity contribution >= 4 is 83.9 Å². The number of hydrogen-bond acceptors (Lipinski definition) is 32. The van der Waals surface area contributed by atoms with Crippen molar-refractivity contribution in [3.05, 3.63) is 127 Å². The van der Waals surface area contributed by atoms with E-state index in [1.54, 1.807) is 6.92 Å².